The second kappa shape index (κ2) is 4.55. The molecule has 0 fully saturated rings. The van der Waals surface area contributed by atoms with Crippen LogP contribution in [0, 0.1) is 5.82 Å². The summed E-state index contributed by atoms with van der Waals surface area (Å²) < 4.78 is 36.3. The van der Waals surface area contributed by atoms with Crippen LogP contribution < -0.4 is 0 Å². The zero-order valence-electron chi connectivity index (χ0n) is 6.87. The first kappa shape index (κ1) is 11.9. The van der Waals surface area contributed by atoms with Crippen LogP contribution in [0.4, 0.5) is 4.39 Å². The number of halogens is 3. The van der Waals surface area contributed by atoms with Gasteiger partial charge in [-0.25, -0.2) is 17.8 Å². The number of rotatable bonds is 3. The molecule has 1 heterocycles. The highest BCUT2D eigenvalue weighted by Crippen LogP contribution is 2.17. The lowest BCUT2D eigenvalue weighted by atomic mass is 10.5. The molecule has 0 aliphatic heterocycles. The topological polar surface area (TPSA) is 47.0 Å². The Morgan fingerprint density at radius 1 is 1.57 bits per heavy atom. The van der Waals surface area contributed by atoms with Crippen LogP contribution in [-0.4, -0.2) is 25.0 Å². The molecule has 1 rings (SSSR count). The van der Waals surface area contributed by atoms with E-state index in [0.29, 0.717) is 4.47 Å². The lowest BCUT2D eigenvalue weighted by molar-refractivity contribution is 0.553. The van der Waals surface area contributed by atoms with Crippen LogP contribution in [0.2, 0.25) is 0 Å². The number of hydrogen-bond donors (Lipinski definition) is 0. The third-order valence-corrected chi connectivity index (χ3v) is 3.89. The Hall–Kier alpha value is -0.200. The molecule has 0 aliphatic carbocycles. The minimum Gasteiger partial charge on any atom is -0.241 e. The summed E-state index contributed by atoms with van der Waals surface area (Å²) in [5.74, 6) is -1.27. The number of sulfone groups is 1. The lowest BCUT2D eigenvalue weighted by Gasteiger charge is -2.02. The zero-order valence-corrected chi connectivity index (χ0v) is 10.0. The van der Waals surface area contributed by atoms with E-state index < -0.39 is 20.7 Å². The highest BCUT2D eigenvalue weighted by molar-refractivity contribution is 9.10. The van der Waals surface area contributed by atoms with Crippen molar-refractivity contribution in [2.45, 2.75) is 5.03 Å². The number of hydrogen-bond acceptors (Lipinski definition) is 3. The first-order chi connectivity index (χ1) is 6.47. The molecule has 0 bridgehead atoms. The zero-order chi connectivity index (χ0) is 10.8. The fourth-order valence-corrected chi connectivity index (χ4v) is 2.71. The second-order valence-corrected chi connectivity index (χ2v) is 5.77. The molecular weight excluding hydrogens is 297 g/mol. The molecule has 0 radical (unpaired) electrons. The molecule has 78 valence electrons. The molecule has 1 aromatic heterocycles. The fraction of sp³-hybridized carbons (Fsp3) is 0.286. The monoisotopic (exact) mass is 301 g/mol. The highest BCUT2D eigenvalue weighted by Gasteiger charge is 2.20. The Morgan fingerprint density at radius 3 is 2.71 bits per heavy atom. The van der Waals surface area contributed by atoms with E-state index in [0.717, 1.165) is 6.07 Å². The smallest absolute Gasteiger partial charge is 0.199 e. The molecule has 0 spiro atoms. The van der Waals surface area contributed by atoms with Crippen molar-refractivity contribution in [2.75, 3.05) is 11.6 Å². The van der Waals surface area contributed by atoms with E-state index >= 15 is 0 Å². The molecule has 7 heteroatoms. The summed E-state index contributed by atoms with van der Waals surface area (Å²) in [6.45, 7) is 0. The van der Waals surface area contributed by atoms with Gasteiger partial charge in [-0.1, -0.05) is 0 Å². The molecular formula is C7H6BrClFNO2S. The van der Waals surface area contributed by atoms with Crippen LogP contribution in [0.3, 0.4) is 0 Å². The van der Waals surface area contributed by atoms with Crippen molar-refractivity contribution < 1.29 is 12.8 Å². The van der Waals surface area contributed by atoms with Crippen molar-refractivity contribution in [3.63, 3.8) is 0 Å². The second-order valence-electron chi connectivity index (χ2n) is 2.45. The Labute approximate surface area is 94.3 Å². The summed E-state index contributed by atoms with van der Waals surface area (Å²) in [7, 11) is -3.70. The van der Waals surface area contributed by atoms with E-state index in [1.807, 2.05) is 0 Å². The maximum Gasteiger partial charge on any atom is 0.199 e. The molecule has 1 aromatic rings. The Bertz CT molecular complexity index is 437. The fourth-order valence-electron chi connectivity index (χ4n) is 0.829. The van der Waals surface area contributed by atoms with Gasteiger partial charge in [0.2, 0.25) is 0 Å². The summed E-state index contributed by atoms with van der Waals surface area (Å²) in [4.78, 5) is 3.50. The van der Waals surface area contributed by atoms with E-state index in [1.165, 1.54) is 6.20 Å². The van der Waals surface area contributed by atoms with Crippen molar-refractivity contribution in [2.24, 2.45) is 0 Å². The summed E-state index contributed by atoms with van der Waals surface area (Å²) in [5.41, 5.74) is 0. The van der Waals surface area contributed by atoms with Gasteiger partial charge in [0.1, 0.15) is 0 Å². The number of nitrogens with zero attached hydrogens (tertiary/aromatic N) is 1. The van der Waals surface area contributed by atoms with Crippen molar-refractivity contribution in [1.82, 2.24) is 4.98 Å². The molecule has 0 saturated carbocycles. The van der Waals surface area contributed by atoms with E-state index in [2.05, 4.69) is 20.9 Å². The molecule has 3 nitrogen and oxygen atoms in total. The quantitative estimate of drug-likeness (QED) is 0.802. The predicted molar refractivity (Wildman–Crippen MR) is 54.7 cm³/mol. The van der Waals surface area contributed by atoms with Crippen LogP contribution in [0.25, 0.3) is 0 Å². The van der Waals surface area contributed by atoms with Gasteiger partial charge in [-0.15, -0.1) is 11.6 Å². The van der Waals surface area contributed by atoms with Crippen LogP contribution in [0.15, 0.2) is 21.8 Å². The minimum absolute atomic E-state index is 0.0838. The van der Waals surface area contributed by atoms with E-state index in [4.69, 9.17) is 11.6 Å². The van der Waals surface area contributed by atoms with Gasteiger partial charge in [-0.3, -0.25) is 0 Å². The maximum atomic E-state index is 13.2. The molecule has 14 heavy (non-hydrogen) atoms. The molecule has 0 atom stereocenters. The van der Waals surface area contributed by atoms with Crippen molar-refractivity contribution in [3.05, 3.63) is 22.6 Å². The summed E-state index contributed by atoms with van der Waals surface area (Å²) in [6.07, 6.45) is 1.23. The SMILES string of the molecule is O=S(=O)(CCCl)c1ncc(Br)cc1F. The third-order valence-electron chi connectivity index (χ3n) is 1.41. The van der Waals surface area contributed by atoms with Crippen LogP contribution in [0.1, 0.15) is 0 Å². The molecule has 0 saturated heterocycles. The average molecular weight is 303 g/mol. The Balaban J connectivity index is 3.20. The van der Waals surface area contributed by atoms with E-state index in [1.54, 1.807) is 0 Å². The van der Waals surface area contributed by atoms with Crippen LogP contribution in [0.5, 0.6) is 0 Å². The van der Waals surface area contributed by atoms with Crippen molar-refractivity contribution in [1.29, 1.82) is 0 Å². The Kier molecular flexibility index (Phi) is 3.86. The average Bonchev–Trinajstić information content (AvgIpc) is 2.02. The first-order valence-corrected chi connectivity index (χ1v) is 6.55. The normalized spacial score (nSPS) is 11.6. The van der Waals surface area contributed by atoms with Gasteiger partial charge in [0.05, 0.1) is 5.75 Å². The van der Waals surface area contributed by atoms with Crippen LogP contribution in [-0.2, 0) is 9.84 Å². The number of alkyl halides is 1. The molecule has 0 aliphatic rings. The van der Waals surface area contributed by atoms with Crippen molar-refractivity contribution in [3.8, 4) is 0 Å². The summed E-state index contributed by atoms with van der Waals surface area (Å²) in [5, 5.41) is -0.554. The van der Waals surface area contributed by atoms with Gasteiger partial charge < -0.3 is 0 Å². The van der Waals surface area contributed by atoms with Gasteiger partial charge in [-0.05, 0) is 22.0 Å². The van der Waals surface area contributed by atoms with Gasteiger partial charge >= 0.3 is 0 Å². The van der Waals surface area contributed by atoms with Gasteiger partial charge in [-0.2, -0.15) is 0 Å². The lowest BCUT2D eigenvalue weighted by Crippen LogP contribution is -2.11. The van der Waals surface area contributed by atoms with Crippen LogP contribution >= 0.6 is 27.5 Å². The largest absolute Gasteiger partial charge is 0.241 e. The Morgan fingerprint density at radius 2 is 2.21 bits per heavy atom. The van der Waals surface area contributed by atoms with Gasteiger partial charge in [0, 0.05) is 16.5 Å². The summed E-state index contributed by atoms with van der Waals surface area (Å²) in [6, 6.07) is 1.05. The number of aromatic nitrogens is 1. The highest BCUT2D eigenvalue weighted by atomic mass is 79.9. The predicted octanol–water partition coefficient (Wildman–Crippen LogP) is 2.00. The first-order valence-electron chi connectivity index (χ1n) is 3.57. The molecule has 0 N–H and O–H groups in total. The third kappa shape index (κ3) is 2.65. The molecule has 0 amide bonds. The molecule has 0 unspecified atom stereocenters. The van der Waals surface area contributed by atoms with E-state index in [9.17, 15) is 12.8 Å². The standard InChI is InChI=1S/C7H6BrClFNO2S/c8-5-3-6(10)7(11-4-5)14(12,13)2-1-9/h3-4H,1-2H2. The summed E-state index contributed by atoms with van der Waals surface area (Å²) >= 11 is 8.26. The van der Waals surface area contributed by atoms with Gasteiger partial charge in [0.15, 0.2) is 20.7 Å². The maximum absolute atomic E-state index is 13.2. The van der Waals surface area contributed by atoms with Crippen molar-refractivity contribution >= 4 is 37.4 Å². The minimum atomic E-state index is -3.70. The number of pyridine rings is 1. The van der Waals surface area contributed by atoms with Gasteiger partial charge in [0.25, 0.3) is 0 Å². The molecule has 0 aromatic carbocycles. The van der Waals surface area contributed by atoms with E-state index in [-0.39, 0.29) is 11.6 Å².